The number of piperidine rings is 1. The van der Waals surface area contributed by atoms with Crippen LogP contribution in [0.15, 0.2) is 54.9 Å². The first-order valence-electron chi connectivity index (χ1n) is 10.1. The number of aromatic nitrogens is 3. The molecule has 1 amide bonds. The van der Waals surface area contributed by atoms with Crippen molar-refractivity contribution in [1.82, 2.24) is 14.8 Å². The van der Waals surface area contributed by atoms with Crippen LogP contribution >= 0.6 is 0 Å². The Morgan fingerprint density at radius 1 is 1.13 bits per heavy atom. The normalized spacial score (nSPS) is 17.7. The monoisotopic (exact) mass is 405 g/mol. The van der Waals surface area contributed by atoms with E-state index in [2.05, 4.69) is 20.3 Å². The van der Waals surface area contributed by atoms with Gasteiger partial charge in [0, 0.05) is 25.4 Å². The molecule has 1 unspecified atom stereocenters. The number of carbonyl (C=O) groups excluding carboxylic acids is 1. The Balaban J connectivity index is 1.25. The molecule has 154 valence electrons. The van der Waals surface area contributed by atoms with Crippen LogP contribution in [0.4, 0.5) is 11.6 Å². The number of amides is 1. The zero-order valence-electron chi connectivity index (χ0n) is 16.5. The molecule has 0 spiro atoms. The van der Waals surface area contributed by atoms with Crippen molar-refractivity contribution in [2.75, 3.05) is 30.1 Å². The largest absolute Gasteiger partial charge is 0.454 e. The number of nitrogens with one attached hydrogen (secondary N) is 1. The summed E-state index contributed by atoms with van der Waals surface area (Å²) in [6.45, 7) is 2.37. The zero-order chi connectivity index (χ0) is 20.3. The van der Waals surface area contributed by atoms with Crippen LogP contribution in [0.1, 0.15) is 18.4 Å². The van der Waals surface area contributed by atoms with Crippen molar-refractivity contribution >= 4 is 17.5 Å². The van der Waals surface area contributed by atoms with E-state index in [0.717, 1.165) is 42.3 Å². The van der Waals surface area contributed by atoms with E-state index >= 15 is 0 Å². The molecule has 1 N–H and O–H groups in total. The highest BCUT2D eigenvalue weighted by atomic mass is 16.7. The van der Waals surface area contributed by atoms with Gasteiger partial charge in [0.15, 0.2) is 11.5 Å². The van der Waals surface area contributed by atoms with E-state index in [1.807, 2.05) is 42.5 Å². The fourth-order valence-electron chi connectivity index (χ4n) is 3.95. The number of benzene rings is 1. The molecule has 1 saturated heterocycles. The molecular formula is C22H23N5O3. The third kappa shape index (κ3) is 3.80. The Kier molecular flexibility index (Phi) is 4.96. The number of ether oxygens (including phenoxy) is 2. The predicted molar refractivity (Wildman–Crippen MR) is 112 cm³/mol. The van der Waals surface area contributed by atoms with Crippen molar-refractivity contribution < 1.29 is 14.3 Å². The Hall–Kier alpha value is -3.55. The minimum absolute atomic E-state index is 0.0167. The van der Waals surface area contributed by atoms with Gasteiger partial charge in [0.25, 0.3) is 0 Å². The average Bonchev–Trinajstić information content (AvgIpc) is 3.43. The third-order valence-electron chi connectivity index (χ3n) is 5.50. The lowest BCUT2D eigenvalue weighted by atomic mass is 9.97. The van der Waals surface area contributed by atoms with E-state index in [1.165, 1.54) is 0 Å². The maximum Gasteiger partial charge on any atom is 0.231 e. The highest BCUT2D eigenvalue weighted by Gasteiger charge is 2.27. The van der Waals surface area contributed by atoms with Gasteiger partial charge in [-0.15, -0.1) is 0 Å². The molecule has 1 aromatic carbocycles. The molecule has 2 aliphatic rings. The Bertz CT molecular complexity index is 1040. The van der Waals surface area contributed by atoms with Crippen molar-refractivity contribution in [3.8, 4) is 11.5 Å². The van der Waals surface area contributed by atoms with Crippen LogP contribution < -0.4 is 19.7 Å². The minimum atomic E-state index is -0.0883. The molecule has 2 aliphatic heterocycles. The second kappa shape index (κ2) is 8.06. The second-order valence-electron chi connectivity index (χ2n) is 7.52. The smallest absolute Gasteiger partial charge is 0.231 e. The summed E-state index contributed by atoms with van der Waals surface area (Å²) in [5.74, 6) is 3.03. The molecule has 0 radical (unpaired) electrons. The highest BCUT2D eigenvalue weighted by Crippen LogP contribution is 2.33. The van der Waals surface area contributed by atoms with Gasteiger partial charge < -0.3 is 19.7 Å². The lowest BCUT2D eigenvalue weighted by molar-refractivity contribution is -0.120. The van der Waals surface area contributed by atoms with Gasteiger partial charge in [-0.2, -0.15) is 5.10 Å². The number of rotatable bonds is 5. The van der Waals surface area contributed by atoms with Crippen LogP contribution in [0.3, 0.4) is 0 Å². The number of hydrogen-bond acceptors (Lipinski definition) is 6. The number of anilines is 2. The van der Waals surface area contributed by atoms with Crippen molar-refractivity contribution in [2.45, 2.75) is 19.4 Å². The summed E-state index contributed by atoms with van der Waals surface area (Å²) in [6.07, 6.45) is 5.31. The summed E-state index contributed by atoms with van der Waals surface area (Å²) in [5.41, 5.74) is 1.03. The van der Waals surface area contributed by atoms with Gasteiger partial charge in [-0.05, 0) is 42.7 Å². The van der Waals surface area contributed by atoms with Crippen LogP contribution in [0.5, 0.6) is 11.5 Å². The van der Waals surface area contributed by atoms with Crippen molar-refractivity contribution in [3.63, 3.8) is 0 Å². The first kappa shape index (κ1) is 18.5. The standard InChI is InChI=1S/C22H23N5O3/c28-22(17-4-3-11-26(14-17)20-5-1-2-9-23-20)25-21-8-10-24-27(21)13-16-6-7-18-19(12-16)30-15-29-18/h1-2,5-10,12,17H,3-4,11,13-15H2,(H,25,28). The van der Waals surface area contributed by atoms with Crippen molar-refractivity contribution in [2.24, 2.45) is 5.92 Å². The molecule has 0 saturated carbocycles. The molecule has 3 aromatic rings. The SMILES string of the molecule is O=C(Nc1ccnn1Cc1ccc2c(c1)OCO2)C1CCCN(c2ccccn2)C1. The molecule has 5 rings (SSSR count). The van der Waals surface area contributed by atoms with Gasteiger partial charge in [0.2, 0.25) is 12.7 Å². The Morgan fingerprint density at radius 3 is 2.97 bits per heavy atom. The van der Waals surface area contributed by atoms with Gasteiger partial charge in [-0.25, -0.2) is 9.67 Å². The van der Waals surface area contributed by atoms with E-state index in [4.69, 9.17) is 9.47 Å². The molecule has 8 heteroatoms. The molecule has 0 aliphatic carbocycles. The van der Waals surface area contributed by atoms with Crippen LogP contribution in [-0.2, 0) is 11.3 Å². The highest BCUT2D eigenvalue weighted by molar-refractivity contribution is 5.92. The summed E-state index contributed by atoms with van der Waals surface area (Å²) in [6, 6.07) is 13.5. The number of hydrogen-bond donors (Lipinski definition) is 1. The summed E-state index contributed by atoms with van der Waals surface area (Å²) < 4.78 is 12.6. The van der Waals surface area contributed by atoms with E-state index in [9.17, 15) is 4.79 Å². The van der Waals surface area contributed by atoms with Crippen molar-refractivity contribution in [1.29, 1.82) is 0 Å². The maximum atomic E-state index is 13.0. The van der Waals surface area contributed by atoms with Crippen LogP contribution in [0.25, 0.3) is 0 Å². The molecule has 8 nitrogen and oxygen atoms in total. The summed E-state index contributed by atoms with van der Waals surface area (Å²) >= 11 is 0. The fourth-order valence-corrected chi connectivity index (χ4v) is 3.95. The van der Waals surface area contributed by atoms with Gasteiger partial charge in [-0.1, -0.05) is 12.1 Å². The topological polar surface area (TPSA) is 81.5 Å². The lowest BCUT2D eigenvalue weighted by Gasteiger charge is -2.32. The van der Waals surface area contributed by atoms with E-state index in [-0.39, 0.29) is 18.6 Å². The van der Waals surface area contributed by atoms with Gasteiger partial charge in [0.05, 0.1) is 18.7 Å². The Labute approximate surface area is 174 Å². The Morgan fingerprint density at radius 2 is 2.07 bits per heavy atom. The van der Waals surface area contributed by atoms with Crippen LogP contribution in [-0.4, -0.2) is 40.6 Å². The zero-order valence-corrected chi connectivity index (χ0v) is 16.5. The summed E-state index contributed by atoms with van der Waals surface area (Å²) in [7, 11) is 0. The first-order valence-corrected chi connectivity index (χ1v) is 10.1. The number of fused-ring (bicyclic) bond motifs is 1. The van der Waals surface area contributed by atoms with Crippen molar-refractivity contribution in [3.05, 3.63) is 60.4 Å². The average molecular weight is 405 g/mol. The molecule has 0 bridgehead atoms. The third-order valence-corrected chi connectivity index (χ3v) is 5.50. The first-order chi connectivity index (χ1) is 14.8. The molecule has 30 heavy (non-hydrogen) atoms. The minimum Gasteiger partial charge on any atom is -0.454 e. The predicted octanol–water partition coefficient (Wildman–Crippen LogP) is 2.91. The summed E-state index contributed by atoms with van der Waals surface area (Å²) in [5, 5.41) is 7.44. The molecular weight excluding hydrogens is 382 g/mol. The molecule has 1 fully saturated rings. The van der Waals surface area contributed by atoms with Crippen LogP contribution in [0, 0.1) is 5.92 Å². The quantitative estimate of drug-likeness (QED) is 0.703. The second-order valence-corrected chi connectivity index (χ2v) is 7.52. The summed E-state index contributed by atoms with van der Waals surface area (Å²) in [4.78, 5) is 19.6. The lowest BCUT2D eigenvalue weighted by Crippen LogP contribution is -2.41. The van der Waals surface area contributed by atoms with E-state index in [0.29, 0.717) is 18.9 Å². The van der Waals surface area contributed by atoms with E-state index < -0.39 is 0 Å². The maximum absolute atomic E-state index is 13.0. The van der Waals surface area contributed by atoms with Gasteiger partial charge in [0.1, 0.15) is 11.6 Å². The van der Waals surface area contributed by atoms with Gasteiger partial charge >= 0.3 is 0 Å². The number of carbonyl (C=O) groups is 1. The number of pyridine rings is 1. The fraction of sp³-hybridized carbons (Fsp3) is 0.318. The molecule has 1 atom stereocenters. The van der Waals surface area contributed by atoms with Crippen LogP contribution in [0.2, 0.25) is 0 Å². The van der Waals surface area contributed by atoms with E-state index in [1.54, 1.807) is 17.1 Å². The number of nitrogens with zero attached hydrogens (tertiary/aromatic N) is 4. The van der Waals surface area contributed by atoms with Gasteiger partial charge in [-0.3, -0.25) is 4.79 Å². The molecule has 2 aromatic heterocycles. The molecule has 4 heterocycles.